The number of carbonyl (C=O) groups is 3. The molecule has 3 aromatic carbocycles. The number of rotatable bonds is 7. The Hall–Kier alpha value is -4.05. The highest BCUT2D eigenvalue weighted by Gasteiger charge is 2.13. The molecule has 0 saturated carbocycles. The summed E-state index contributed by atoms with van der Waals surface area (Å²) in [5, 5.41) is 8.84. The van der Waals surface area contributed by atoms with Crippen LogP contribution in [0.4, 0.5) is 15.8 Å². The van der Waals surface area contributed by atoms with Gasteiger partial charge in [0.1, 0.15) is 11.6 Å². The number of anilines is 2. The molecule has 0 unspecified atom stereocenters. The molecular formula is C24H20BrFN4O4. The van der Waals surface area contributed by atoms with Crippen LogP contribution in [0, 0.1) is 12.7 Å². The number of hydrazone groups is 1. The van der Waals surface area contributed by atoms with E-state index < -0.39 is 17.6 Å². The van der Waals surface area contributed by atoms with E-state index in [0.29, 0.717) is 17.0 Å². The summed E-state index contributed by atoms with van der Waals surface area (Å²) in [6.45, 7) is 1.67. The fourth-order valence-corrected chi connectivity index (χ4v) is 2.96. The second-order valence-electron chi connectivity index (χ2n) is 7.00. The molecule has 10 heteroatoms. The summed E-state index contributed by atoms with van der Waals surface area (Å²) >= 11 is 3.41. The highest BCUT2D eigenvalue weighted by atomic mass is 79.9. The lowest BCUT2D eigenvalue weighted by atomic mass is 10.2. The van der Waals surface area contributed by atoms with Crippen molar-refractivity contribution in [3.05, 3.63) is 88.1 Å². The van der Waals surface area contributed by atoms with Gasteiger partial charge in [-0.1, -0.05) is 28.1 Å². The standard InChI is InChI=1S/C24H20BrFN4O4/c1-15-12-19(10-11-20(15)25)28-22(31)14-34-21-5-3-2-4-16(21)13-27-30-24(33)23(32)29-18-8-6-17(26)7-9-18/h2-13H,14H2,1H3,(H,28,31)(H,29,32)(H,30,33)/b27-13-. The number of hydrogen-bond donors (Lipinski definition) is 3. The summed E-state index contributed by atoms with van der Waals surface area (Å²) in [7, 11) is 0. The molecule has 0 bridgehead atoms. The maximum Gasteiger partial charge on any atom is 0.329 e. The van der Waals surface area contributed by atoms with Crippen LogP contribution in [0.25, 0.3) is 0 Å². The smallest absolute Gasteiger partial charge is 0.329 e. The maximum atomic E-state index is 12.9. The number of hydrogen-bond acceptors (Lipinski definition) is 5. The van der Waals surface area contributed by atoms with E-state index in [0.717, 1.165) is 22.2 Å². The number of nitrogens with zero attached hydrogens (tertiary/aromatic N) is 1. The Labute approximate surface area is 203 Å². The van der Waals surface area contributed by atoms with Gasteiger partial charge in [0, 0.05) is 21.4 Å². The number of aryl methyl sites for hydroxylation is 1. The molecular weight excluding hydrogens is 507 g/mol. The van der Waals surface area contributed by atoms with Gasteiger partial charge in [0.2, 0.25) is 0 Å². The van der Waals surface area contributed by atoms with Crippen LogP contribution in [0.1, 0.15) is 11.1 Å². The van der Waals surface area contributed by atoms with E-state index in [1.54, 1.807) is 30.3 Å². The van der Waals surface area contributed by atoms with Crippen molar-refractivity contribution in [3.63, 3.8) is 0 Å². The molecule has 0 heterocycles. The average Bonchev–Trinajstić information content (AvgIpc) is 2.82. The highest BCUT2D eigenvalue weighted by molar-refractivity contribution is 9.10. The summed E-state index contributed by atoms with van der Waals surface area (Å²) in [5.41, 5.74) is 4.47. The molecule has 0 saturated heterocycles. The summed E-state index contributed by atoms with van der Waals surface area (Å²) in [6.07, 6.45) is 1.29. The minimum absolute atomic E-state index is 0.244. The minimum atomic E-state index is -1.01. The number of carbonyl (C=O) groups excluding carboxylic acids is 3. The fourth-order valence-electron chi connectivity index (χ4n) is 2.71. The van der Waals surface area contributed by atoms with E-state index >= 15 is 0 Å². The Balaban J connectivity index is 1.53. The van der Waals surface area contributed by atoms with Crippen LogP contribution in [0.15, 0.2) is 76.3 Å². The molecule has 3 aromatic rings. The fraction of sp³-hybridized carbons (Fsp3) is 0.0833. The Morgan fingerprint density at radius 1 is 0.971 bits per heavy atom. The zero-order valence-corrected chi connectivity index (χ0v) is 19.6. The molecule has 0 aromatic heterocycles. The third-order valence-corrected chi connectivity index (χ3v) is 5.29. The molecule has 174 valence electrons. The monoisotopic (exact) mass is 526 g/mol. The largest absolute Gasteiger partial charge is 0.483 e. The lowest BCUT2D eigenvalue weighted by Crippen LogP contribution is -2.32. The molecule has 0 aliphatic carbocycles. The van der Waals surface area contributed by atoms with Crippen LogP contribution in [-0.4, -0.2) is 30.5 Å². The topological polar surface area (TPSA) is 109 Å². The van der Waals surface area contributed by atoms with Crippen molar-refractivity contribution in [1.82, 2.24) is 5.43 Å². The van der Waals surface area contributed by atoms with Crippen LogP contribution in [0.5, 0.6) is 5.75 Å². The number of halogens is 2. The van der Waals surface area contributed by atoms with Crippen molar-refractivity contribution >= 4 is 51.2 Å². The van der Waals surface area contributed by atoms with Gasteiger partial charge in [0.25, 0.3) is 5.91 Å². The first kappa shape index (κ1) is 24.6. The molecule has 0 aliphatic rings. The molecule has 0 atom stereocenters. The normalized spacial score (nSPS) is 10.6. The van der Waals surface area contributed by atoms with Gasteiger partial charge in [-0.25, -0.2) is 9.82 Å². The van der Waals surface area contributed by atoms with Gasteiger partial charge in [0.15, 0.2) is 6.61 Å². The lowest BCUT2D eigenvalue weighted by molar-refractivity contribution is -0.136. The predicted molar refractivity (Wildman–Crippen MR) is 130 cm³/mol. The summed E-state index contributed by atoms with van der Waals surface area (Å²) in [4.78, 5) is 36.1. The van der Waals surface area contributed by atoms with E-state index in [4.69, 9.17) is 4.74 Å². The molecule has 0 aliphatic heterocycles. The predicted octanol–water partition coefficient (Wildman–Crippen LogP) is 4.00. The lowest BCUT2D eigenvalue weighted by Gasteiger charge is -2.10. The van der Waals surface area contributed by atoms with Gasteiger partial charge >= 0.3 is 11.8 Å². The summed E-state index contributed by atoms with van der Waals surface area (Å²) < 4.78 is 19.4. The van der Waals surface area contributed by atoms with Gasteiger partial charge in [-0.3, -0.25) is 14.4 Å². The Bertz CT molecular complexity index is 1230. The van der Waals surface area contributed by atoms with E-state index in [-0.39, 0.29) is 18.2 Å². The van der Waals surface area contributed by atoms with Crippen LogP contribution in [0.2, 0.25) is 0 Å². The highest BCUT2D eigenvalue weighted by Crippen LogP contribution is 2.20. The molecule has 0 fully saturated rings. The van der Waals surface area contributed by atoms with E-state index in [1.807, 2.05) is 19.1 Å². The maximum absolute atomic E-state index is 12.9. The first-order valence-electron chi connectivity index (χ1n) is 9.99. The van der Waals surface area contributed by atoms with Crippen LogP contribution in [0.3, 0.4) is 0 Å². The second-order valence-corrected chi connectivity index (χ2v) is 7.85. The van der Waals surface area contributed by atoms with Crippen molar-refractivity contribution in [3.8, 4) is 5.75 Å². The van der Waals surface area contributed by atoms with Crippen LogP contribution in [-0.2, 0) is 14.4 Å². The minimum Gasteiger partial charge on any atom is -0.483 e. The number of benzene rings is 3. The molecule has 0 radical (unpaired) electrons. The van der Waals surface area contributed by atoms with Crippen molar-refractivity contribution < 1.29 is 23.5 Å². The molecule has 34 heavy (non-hydrogen) atoms. The second kappa shape index (κ2) is 11.7. The van der Waals surface area contributed by atoms with Gasteiger partial charge in [-0.2, -0.15) is 5.10 Å². The van der Waals surface area contributed by atoms with Crippen LogP contribution < -0.4 is 20.8 Å². The molecule has 0 spiro atoms. The van der Waals surface area contributed by atoms with Gasteiger partial charge in [-0.15, -0.1) is 0 Å². The number of amides is 3. The Morgan fingerprint density at radius 2 is 1.68 bits per heavy atom. The van der Waals surface area contributed by atoms with Crippen molar-refractivity contribution in [2.75, 3.05) is 17.2 Å². The molecule has 3 amide bonds. The van der Waals surface area contributed by atoms with E-state index in [9.17, 15) is 18.8 Å². The molecule has 3 N–H and O–H groups in total. The third-order valence-electron chi connectivity index (χ3n) is 4.40. The van der Waals surface area contributed by atoms with E-state index in [2.05, 4.69) is 37.1 Å². The van der Waals surface area contributed by atoms with E-state index in [1.165, 1.54) is 18.3 Å². The number of ether oxygens (including phenoxy) is 1. The number of para-hydroxylation sites is 1. The summed E-state index contributed by atoms with van der Waals surface area (Å²) in [5.74, 6) is -2.43. The van der Waals surface area contributed by atoms with Gasteiger partial charge in [0.05, 0.1) is 6.21 Å². The first-order valence-corrected chi connectivity index (χ1v) is 10.8. The van der Waals surface area contributed by atoms with Gasteiger partial charge in [-0.05, 0) is 67.1 Å². The quantitative estimate of drug-likeness (QED) is 0.245. The Morgan fingerprint density at radius 3 is 2.41 bits per heavy atom. The van der Waals surface area contributed by atoms with Crippen molar-refractivity contribution in [2.24, 2.45) is 5.10 Å². The average molecular weight is 527 g/mol. The molecule has 3 rings (SSSR count). The first-order chi connectivity index (χ1) is 16.3. The zero-order chi connectivity index (χ0) is 24.5. The summed E-state index contributed by atoms with van der Waals surface area (Å²) in [6, 6.07) is 17.1. The molecule has 8 nitrogen and oxygen atoms in total. The third kappa shape index (κ3) is 7.24. The van der Waals surface area contributed by atoms with Crippen molar-refractivity contribution in [2.45, 2.75) is 6.92 Å². The van der Waals surface area contributed by atoms with Crippen LogP contribution >= 0.6 is 15.9 Å². The number of nitrogens with one attached hydrogen (secondary N) is 3. The Kier molecular flexibility index (Phi) is 8.47. The van der Waals surface area contributed by atoms with Gasteiger partial charge < -0.3 is 15.4 Å². The zero-order valence-electron chi connectivity index (χ0n) is 18.0. The SMILES string of the molecule is Cc1cc(NC(=O)COc2ccccc2/C=N\NC(=O)C(=O)Nc2ccc(F)cc2)ccc1Br. The van der Waals surface area contributed by atoms with Crippen molar-refractivity contribution in [1.29, 1.82) is 0 Å².